The fourth-order valence-electron chi connectivity index (χ4n) is 2.62. The van der Waals surface area contributed by atoms with Gasteiger partial charge in [-0.15, -0.1) is 6.42 Å². The van der Waals surface area contributed by atoms with Crippen LogP contribution in [0, 0.1) is 12.3 Å². The Balaban J connectivity index is 2.18. The van der Waals surface area contributed by atoms with Gasteiger partial charge in [-0.05, 0) is 6.92 Å². The molecule has 23 heavy (non-hydrogen) atoms. The highest BCUT2D eigenvalue weighted by atomic mass is 19.1. The van der Waals surface area contributed by atoms with Crippen LogP contribution in [0.3, 0.4) is 0 Å². The maximum Gasteiger partial charge on any atom is 0.280 e. The van der Waals surface area contributed by atoms with Crippen LogP contribution in [0.15, 0.2) is 11.1 Å². The van der Waals surface area contributed by atoms with Gasteiger partial charge in [-0.2, -0.15) is 4.98 Å². The molecule has 0 spiro atoms. The maximum absolute atomic E-state index is 15.1. The van der Waals surface area contributed by atoms with Crippen molar-refractivity contribution in [2.75, 3.05) is 5.73 Å². The summed E-state index contributed by atoms with van der Waals surface area (Å²) in [5, 5.41) is 19.7. The summed E-state index contributed by atoms with van der Waals surface area (Å²) in [5.41, 5.74) is 2.09. The van der Waals surface area contributed by atoms with Crippen LogP contribution in [-0.4, -0.2) is 53.7 Å². The number of halogens is 1. The second kappa shape index (κ2) is 5.02. The number of nitrogens with zero attached hydrogens (tertiary/aromatic N) is 3. The molecule has 9 nitrogen and oxygen atoms in total. The van der Waals surface area contributed by atoms with E-state index in [4.69, 9.17) is 16.9 Å². The summed E-state index contributed by atoms with van der Waals surface area (Å²) in [6.07, 6.45) is 0.619. The number of H-pyrrole nitrogens is 1. The molecule has 0 amide bonds. The van der Waals surface area contributed by atoms with Gasteiger partial charge in [0.25, 0.3) is 5.56 Å². The molecular weight excluding hydrogens is 309 g/mol. The van der Waals surface area contributed by atoms with Crippen LogP contribution < -0.4 is 11.3 Å². The molecule has 1 unspecified atom stereocenters. The number of aromatic nitrogens is 4. The molecule has 2 aromatic rings. The van der Waals surface area contributed by atoms with Crippen LogP contribution in [0.4, 0.5) is 10.3 Å². The minimum atomic E-state index is -2.64. The van der Waals surface area contributed by atoms with Crippen molar-refractivity contribution in [1.29, 1.82) is 0 Å². The van der Waals surface area contributed by atoms with Crippen molar-refractivity contribution in [1.82, 2.24) is 19.5 Å². The van der Waals surface area contributed by atoms with Crippen LogP contribution >= 0.6 is 0 Å². The van der Waals surface area contributed by atoms with Crippen LogP contribution in [0.2, 0.25) is 0 Å². The largest absolute Gasteiger partial charge is 0.391 e. The van der Waals surface area contributed by atoms with Crippen molar-refractivity contribution in [3.8, 4) is 12.3 Å². The van der Waals surface area contributed by atoms with Crippen molar-refractivity contribution in [2.24, 2.45) is 0 Å². The highest BCUT2D eigenvalue weighted by molar-refractivity contribution is 5.70. The third-order valence-corrected chi connectivity index (χ3v) is 3.79. The van der Waals surface area contributed by atoms with Gasteiger partial charge in [0.05, 0.1) is 12.4 Å². The monoisotopic (exact) mass is 323 g/mol. The normalized spacial score (nSPS) is 32.0. The minimum Gasteiger partial charge on any atom is -0.391 e. The van der Waals surface area contributed by atoms with Crippen molar-refractivity contribution in [2.45, 2.75) is 37.1 Å². The second-order valence-electron chi connectivity index (χ2n) is 5.33. The zero-order chi connectivity index (χ0) is 16.9. The van der Waals surface area contributed by atoms with Crippen molar-refractivity contribution >= 4 is 17.1 Å². The van der Waals surface area contributed by atoms with Gasteiger partial charge < -0.3 is 20.7 Å². The summed E-state index contributed by atoms with van der Waals surface area (Å²) in [6, 6.07) is 0. The predicted molar refractivity (Wildman–Crippen MR) is 76.8 cm³/mol. The Morgan fingerprint density at radius 1 is 1.70 bits per heavy atom. The van der Waals surface area contributed by atoms with E-state index in [0.29, 0.717) is 0 Å². The summed E-state index contributed by atoms with van der Waals surface area (Å²) in [5.74, 6) is 1.67. The number of ether oxygens (including phenoxy) is 1. The fourth-order valence-corrected chi connectivity index (χ4v) is 2.62. The third-order valence-electron chi connectivity index (χ3n) is 3.79. The average molecular weight is 323 g/mol. The molecule has 0 aliphatic carbocycles. The second-order valence-corrected chi connectivity index (χ2v) is 5.33. The van der Waals surface area contributed by atoms with Gasteiger partial charge in [0, 0.05) is 0 Å². The number of hydrogen-bond donors (Lipinski definition) is 4. The van der Waals surface area contributed by atoms with Crippen molar-refractivity contribution < 1.29 is 19.3 Å². The number of nitrogens with two attached hydrogens (primary N) is 1. The average Bonchev–Trinajstić information content (AvgIpc) is 3.00. The maximum atomic E-state index is 15.1. The predicted octanol–water partition coefficient (Wildman–Crippen LogP) is -1.32. The lowest BCUT2D eigenvalue weighted by Crippen LogP contribution is -2.43. The van der Waals surface area contributed by atoms with Crippen molar-refractivity contribution in [3.05, 3.63) is 16.7 Å². The van der Waals surface area contributed by atoms with Gasteiger partial charge in [-0.1, -0.05) is 5.92 Å². The van der Waals surface area contributed by atoms with E-state index in [2.05, 4.69) is 15.0 Å². The lowest BCUT2D eigenvalue weighted by Gasteiger charge is -2.23. The number of anilines is 1. The number of hydrogen-bond acceptors (Lipinski definition) is 7. The Kier molecular flexibility index (Phi) is 3.36. The van der Waals surface area contributed by atoms with E-state index >= 15 is 4.39 Å². The van der Waals surface area contributed by atoms with E-state index < -0.39 is 35.8 Å². The number of aliphatic hydroxyl groups excluding tert-OH is 2. The molecule has 3 rings (SSSR count). The first-order valence-electron chi connectivity index (χ1n) is 6.70. The molecule has 5 N–H and O–H groups in total. The van der Waals surface area contributed by atoms with E-state index in [9.17, 15) is 15.0 Å². The summed E-state index contributed by atoms with van der Waals surface area (Å²) in [6.45, 7) is 1.33. The Morgan fingerprint density at radius 2 is 2.39 bits per heavy atom. The van der Waals surface area contributed by atoms with Gasteiger partial charge in [-0.25, -0.2) is 9.37 Å². The molecule has 0 bridgehead atoms. The molecule has 0 radical (unpaired) electrons. The Bertz CT molecular complexity index is 856. The molecule has 10 heteroatoms. The van der Waals surface area contributed by atoms with Crippen LogP contribution in [-0.2, 0) is 4.74 Å². The number of imidazole rings is 1. The number of terminal acetylenes is 1. The molecular formula is C13H14FN5O4. The molecule has 1 fully saturated rings. The van der Waals surface area contributed by atoms with E-state index in [-0.39, 0.29) is 17.1 Å². The molecule has 5 atom stereocenters. The molecule has 0 aromatic carbocycles. The third kappa shape index (κ3) is 2.09. The molecule has 2 aromatic heterocycles. The Morgan fingerprint density at radius 3 is 3.00 bits per heavy atom. The first-order valence-corrected chi connectivity index (χ1v) is 6.70. The van der Waals surface area contributed by atoms with Crippen LogP contribution in [0.5, 0.6) is 0 Å². The number of nitrogens with one attached hydrogen (secondary N) is 1. The highest BCUT2D eigenvalue weighted by Crippen LogP contribution is 2.43. The van der Waals surface area contributed by atoms with Crippen molar-refractivity contribution in [3.63, 3.8) is 0 Å². The van der Waals surface area contributed by atoms with Gasteiger partial charge in [-0.3, -0.25) is 14.3 Å². The molecule has 1 aliphatic rings. The number of aromatic amines is 1. The smallest absolute Gasteiger partial charge is 0.280 e. The molecule has 0 saturated carbocycles. The van der Waals surface area contributed by atoms with Gasteiger partial charge >= 0.3 is 0 Å². The molecule has 1 saturated heterocycles. The zero-order valence-corrected chi connectivity index (χ0v) is 12.0. The van der Waals surface area contributed by atoms with E-state index in [1.54, 1.807) is 0 Å². The Hall–Kier alpha value is -2.48. The molecule has 3 heterocycles. The fraction of sp³-hybridized carbons (Fsp3) is 0.462. The van der Waals surface area contributed by atoms with E-state index in [1.165, 1.54) is 6.92 Å². The summed E-state index contributed by atoms with van der Waals surface area (Å²) >= 11 is 0. The minimum absolute atomic E-state index is 0.0491. The number of nitrogen functional groups attached to an aromatic ring is 1. The lowest BCUT2D eigenvalue weighted by atomic mass is 9.95. The quantitative estimate of drug-likeness (QED) is 0.503. The first-order chi connectivity index (χ1) is 10.8. The molecule has 1 aliphatic heterocycles. The number of aliphatic hydroxyl groups is 2. The first kappa shape index (κ1) is 15.4. The zero-order valence-electron chi connectivity index (χ0n) is 12.0. The van der Waals surface area contributed by atoms with Crippen LogP contribution in [0.1, 0.15) is 13.2 Å². The van der Waals surface area contributed by atoms with E-state index in [1.807, 2.05) is 5.92 Å². The summed E-state index contributed by atoms with van der Waals surface area (Å²) in [4.78, 5) is 21.8. The van der Waals surface area contributed by atoms with E-state index in [0.717, 1.165) is 10.9 Å². The Labute approximate surface area is 128 Å². The topological polar surface area (TPSA) is 139 Å². The highest BCUT2D eigenvalue weighted by Gasteiger charge is 2.59. The SMILES string of the molecule is C#CC1(F)[C@@H](O)[C@@H]([C@@H](C)O)O[C@H]1n1cnc2c(=O)[nH]c(N)nc21. The summed E-state index contributed by atoms with van der Waals surface area (Å²) < 4.78 is 21.5. The molecule has 122 valence electrons. The number of rotatable bonds is 2. The van der Waals surface area contributed by atoms with Gasteiger partial charge in [0.1, 0.15) is 12.2 Å². The lowest BCUT2D eigenvalue weighted by molar-refractivity contribution is -0.0776. The van der Waals surface area contributed by atoms with Gasteiger partial charge in [0.15, 0.2) is 17.4 Å². The number of alkyl halides is 1. The van der Waals surface area contributed by atoms with Crippen LogP contribution in [0.25, 0.3) is 11.2 Å². The number of fused-ring (bicyclic) bond motifs is 1. The standard InChI is InChI=1S/C13H14FN5O4/c1-3-13(14)8(21)7(5(2)20)23-11(13)19-4-16-6-9(19)17-12(15)18-10(6)22/h1,4-5,7-8,11,20-21H,2H3,(H3,15,17,18,22)/t5-,7-,8+,11-,13?/m1/s1. The van der Waals surface area contributed by atoms with Gasteiger partial charge in [0.2, 0.25) is 11.6 Å². The summed E-state index contributed by atoms with van der Waals surface area (Å²) in [7, 11) is 0.